The van der Waals surface area contributed by atoms with Gasteiger partial charge < -0.3 is 9.84 Å². The summed E-state index contributed by atoms with van der Waals surface area (Å²) in [7, 11) is -4.22. The van der Waals surface area contributed by atoms with E-state index in [-0.39, 0.29) is 19.7 Å². The fraction of sp³-hybridized carbons (Fsp3) is 1.00. The van der Waals surface area contributed by atoms with Crippen molar-refractivity contribution in [3.8, 4) is 0 Å². The third-order valence-corrected chi connectivity index (χ3v) is 2.67. The Balaban J connectivity index is 4.06. The van der Waals surface area contributed by atoms with Crippen LogP contribution in [-0.2, 0) is 15.0 Å². The predicted molar refractivity (Wildman–Crippen MR) is 51.3 cm³/mol. The molecule has 0 aromatic rings. The third kappa shape index (κ3) is 5.51. The molecule has 6 nitrogen and oxygen atoms in total. The monoisotopic (exact) mass is 227 g/mol. The molecule has 0 saturated carbocycles. The molecule has 0 radical (unpaired) electrons. The highest BCUT2D eigenvalue weighted by Gasteiger charge is 2.20. The van der Waals surface area contributed by atoms with Crippen molar-refractivity contribution in [3.05, 3.63) is 0 Å². The van der Waals surface area contributed by atoms with Crippen molar-refractivity contribution in [2.45, 2.75) is 20.0 Å². The molecule has 0 saturated heterocycles. The van der Waals surface area contributed by atoms with Crippen LogP contribution in [0.3, 0.4) is 0 Å². The van der Waals surface area contributed by atoms with Crippen molar-refractivity contribution < 1.29 is 22.8 Å². The Morgan fingerprint density at radius 2 is 2.00 bits per heavy atom. The lowest BCUT2D eigenvalue weighted by molar-refractivity contribution is 0.0326. The molecule has 1 atom stereocenters. The van der Waals surface area contributed by atoms with E-state index < -0.39 is 16.4 Å². The number of ether oxygens (including phenoxy) is 1. The zero-order chi connectivity index (χ0) is 11.2. The molecule has 1 unspecified atom stereocenters. The Morgan fingerprint density at radius 1 is 1.43 bits per heavy atom. The van der Waals surface area contributed by atoms with Gasteiger partial charge in [0, 0.05) is 19.7 Å². The van der Waals surface area contributed by atoms with Crippen LogP contribution in [0, 0.1) is 0 Å². The summed E-state index contributed by atoms with van der Waals surface area (Å²) in [5.41, 5.74) is 0. The molecule has 2 N–H and O–H groups in total. The highest BCUT2D eigenvalue weighted by molar-refractivity contribution is 7.83. The number of likely N-dealkylation sites (N-methyl/N-ethyl adjacent to an activating group) is 1. The standard InChI is InChI=1S/C7H17NO5S/c1-3-8(14(10,11)12)5-7(9)6-13-4-2/h7,9H,3-6H2,1-2H3,(H,10,11,12). The molecule has 0 fully saturated rings. The van der Waals surface area contributed by atoms with E-state index in [1.165, 1.54) is 0 Å². The summed E-state index contributed by atoms with van der Waals surface area (Å²) in [6.07, 6.45) is -0.920. The summed E-state index contributed by atoms with van der Waals surface area (Å²) in [6.45, 7) is 3.81. The van der Waals surface area contributed by atoms with Gasteiger partial charge >= 0.3 is 10.3 Å². The fourth-order valence-electron chi connectivity index (χ4n) is 0.928. The van der Waals surface area contributed by atoms with Gasteiger partial charge in [0.1, 0.15) is 0 Å². The van der Waals surface area contributed by atoms with Crippen molar-refractivity contribution in [2.75, 3.05) is 26.3 Å². The highest BCUT2D eigenvalue weighted by Crippen LogP contribution is 1.99. The van der Waals surface area contributed by atoms with Crippen molar-refractivity contribution in [1.82, 2.24) is 4.31 Å². The lowest BCUT2D eigenvalue weighted by atomic mass is 10.4. The minimum Gasteiger partial charge on any atom is -0.389 e. The van der Waals surface area contributed by atoms with Gasteiger partial charge in [0.05, 0.1) is 12.7 Å². The van der Waals surface area contributed by atoms with Crippen LogP contribution in [0.2, 0.25) is 0 Å². The van der Waals surface area contributed by atoms with Crippen LogP contribution < -0.4 is 0 Å². The van der Waals surface area contributed by atoms with Crippen molar-refractivity contribution in [1.29, 1.82) is 0 Å². The largest absolute Gasteiger partial charge is 0.389 e. The second-order valence-corrected chi connectivity index (χ2v) is 4.15. The van der Waals surface area contributed by atoms with Crippen LogP contribution >= 0.6 is 0 Å². The molecule has 0 amide bonds. The fourth-order valence-corrected chi connectivity index (χ4v) is 1.61. The molecule has 0 aromatic heterocycles. The minimum atomic E-state index is -4.22. The molecule has 0 heterocycles. The van der Waals surface area contributed by atoms with Crippen LogP contribution in [0.4, 0.5) is 0 Å². The van der Waals surface area contributed by atoms with Gasteiger partial charge in [0.25, 0.3) is 0 Å². The third-order valence-electron chi connectivity index (χ3n) is 1.61. The average molecular weight is 227 g/mol. The molecule has 0 aliphatic heterocycles. The average Bonchev–Trinajstić information content (AvgIpc) is 2.08. The van der Waals surface area contributed by atoms with Crippen LogP contribution in [0.25, 0.3) is 0 Å². The second kappa shape index (κ2) is 6.31. The molecule has 7 heteroatoms. The highest BCUT2D eigenvalue weighted by atomic mass is 32.2. The maximum absolute atomic E-state index is 10.7. The SMILES string of the molecule is CCOCC(O)CN(CC)S(=O)(=O)O. The van der Waals surface area contributed by atoms with E-state index in [2.05, 4.69) is 0 Å². The first-order valence-electron chi connectivity index (χ1n) is 4.40. The number of rotatable bonds is 7. The van der Waals surface area contributed by atoms with Crippen LogP contribution in [0.5, 0.6) is 0 Å². The van der Waals surface area contributed by atoms with Gasteiger partial charge in [0.15, 0.2) is 0 Å². The molecule has 14 heavy (non-hydrogen) atoms. The summed E-state index contributed by atoms with van der Waals surface area (Å²) >= 11 is 0. The normalized spacial score (nSPS) is 14.6. The lowest BCUT2D eigenvalue weighted by Gasteiger charge is -2.19. The Morgan fingerprint density at radius 3 is 2.36 bits per heavy atom. The molecule has 0 spiro atoms. The van der Waals surface area contributed by atoms with Crippen LogP contribution in [0.1, 0.15) is 13.8 Å². The zero-order valence-corrected chi connectivity index (χ0v) is 9.20. The summed E-state index contributed by atoms with van der Waals surface area (Å²) < 4.78 is 35.8. The van der Waals surface area contributed by atoms with Crippen molar-refractivity contribution in [2.24, 2.45) is 0 Å². The first-order chi connectivity index (χ1) is 6.41. The first-order valence-corrected chi connectivity index (χ1v) is 5.79. The summed E-state index contributed by atoms with van der Waals surface area (Å²) in [5, 5.41) is 9.30. The van der Waals surface area contributed by atoms with E-state index in [0.29, 0.717) is 6.61 Å². The topological polar surface area (TPSA) is 87.1 Å². The van der Waals surface area contributed by atoms with Crippen molar-refractivity contribution in [3.63, 3.8) is 0 Å². The van der Waals surface area contributed by atoms with Gasteiger partial charge in [0.2, 0.25) is 0 Å². The Hall–Kier alpha value is -0.210. The minimum absolute atomic E-state index is 0.0581. The predicted octanol–water partition coefficient (Wildman–Crippen LogP) is -0.491. The van der Waals surface area contributed by atoms with E-state index in [4.69, 9.17) is 9.29 Å². The van der Waals surface area contributed by atoms with E-state index in [1.54, 1.807) is 13.8 Å². The molecule has 0 rings (SSSR count). The summed E-state index contributed by atoms with van der Waals surface area (Å²) in [5.74, 6) is 0. The van der Waals surface area contributed by atoms with Gasteiger partial charge in [-0.3, -0.25) is 4.55 Å². The number of aliphatic hydroxyl groups is 1. The molecule has 0 aromatic carbocycles. The maximum atomic E-state index is 10.7. The number of hydrogen-bond acceptors (Lipinski definition) is 4. The maximum Gasteiger partial charge on any atom is 0.335 e. The quantitative estimate of drug-likeness (QED) is 0.573. The molecular weight excluding hydrogens is 210 g/mol. The first kappa shape index (κ1) is 13.8. The van der Waals surface area contributed by atoms with Gasteiger partial charge in [-0.1, -0.05) is 6.92 Å². The van der Waals surface area contributed by atoms with E-state index >= 15 is 0 Å². The lowest BCUT2D eigenvalue weighted by Crippen LogP contribution is -2.38. The number of aliphatic hydroxyl groups excluding tert-OH is 1. The van der Waals surface area contributed by atoms with Gasteiger partial charge in [-0.05, 0) is 6.92 Å². The molecule has 0 aliphatic carbocycles. The second-order valence-electron chi connectivity index (χ2n) is 2.74. The molecule has 0 bridgehead atoms. The van der Waals surface area contributed by atoms with E-state index in [9.17, 15) is 13.5 Å². The molecular formula is C7H17NO5S. The summed E-state index contributed by atoms with van der Waals surface area (Å²) in [6, 6.07) is 0. The van der Waals surface area contributed by atoms with Crippen LogP contribution in [-0.4, -0.2) is 54.8 Å². The Labute approximate surface area is 84.4 Å². The van der Waals surface area contributed by atoms with E-state index in [0.717, 1.165) is 4.31 Å². The smallest absolute Gasteiger partial charge is 0.335 e. The number of nitrogens with zero attached hydrogens (tertiary/aromatic N) is 1. The van der Waals surface area contributed by atoms with E-state index in [1.807, 2.05) is 0 Å². The Kier molecular flexibility index (Phi) is 6.21. The van der Waals surface area contributed by atoms with Crippen molar-refractivity contribution >= 4 is 10.3 Å². The van der Waals surface area contributed by atoms with Gasteiger partial charge in [-0.15, -0.1) is 0 Å². The molecule has 86 valence electrons. The summed E-state index contributed by atoms with van der Waals surface area (Å²) in [4.78, 5) is 0. The molecule has 0 aliphatic rings. The zero-order valence-electron chi connectivity index (χ0n) is 8.38. The Bertz CT molecular complexity index is 240. The van der Waals surface area contributed by atoms with Gasteiger partial charge in [-0.25, -0.2) is 0 Å². The number of hydrogen-bond donors (Lipinski definition) is 2. The van der Waals surface area contributed by atoms with Gasteiger partial charge in [-0.2, -0.15) is 12.7 Å². The van der Waals surface area contributed by atoms with Crippen LogP contribution in [0.15, 0.2) is 0 Å².